The first-order valence-electron chi connectivity index (χ1n) is 7.38. The van der Waals surface area contributed by atoms with E-state index in [0.717, 1.165) is 0 Å². The minimum absolute atomic E-state index is 0.150. The van der Waals surface area contributed by atoms with E-state index in [1.807, 2.05) is 0 Å². The standard InChI is InChI=1S/C16H10BrClF3N3O2/c17-7-1-2-10-8(3-7)15(9-4-12(18)23-5-11(9)26-10)6-25-13(14(22)24-15)16(19,20)21/h1-5,13H,6H2,(H2,22,24)/t13-,15+/m1/s1. The molecule has 0 aliphatic carbocycles. The monoisotopic (exact) mass is 447 g/mol. The Balaban J connectivity index is 1.98. The number of rotatable bonds is 0. The maximum absolute atomic E-state index is 13.1. The minimum Gasteiger partial charge on any atom is -0.455 e. The zero-order valence-electron chi connectivity index (χ0n) is 12.8. The average Bonchev–Trinajstić information content (AvgIpc) is 2.56. The summed E-state index contributed by atoms with van der Waals surface area (Å²) in [6.45, 7) is -0.377. The highest BCUT2D eigenvalue weighted by Crippen LogP contribution is 2.51. The number of pyridine rings is 1. The van der Waals surface area contributed by atoms with Gasteiger partial charge in [-0.1, -0.05) is 27.5 Å². The maximum Gasteiger partial charge on any atom is 0.421 e. The highest BCUT2D eigenvalue weighted by atomic mass is 79.9. The Bertz CT molecular complexity index is 884. The fraction of sp³-hybridized carbons (Fsp3) is 0.250. The minimum atomic E-state index is -4.65. The Morgan fingerprint density at radius 2 is 1.96 bits per heavy atom. The lowest BCUT2D eigenvalue weighted by atomic mass is 9.81. The van der Waals surface area contributed by atoms with Gasteiger partial charge >= 0.3 is 6.18 Å². The van der Waals surface area contributed by atoms with E-state index >= 15 is 0 Å². The molecule has 0 saturated carbocycles. The highest BCUT2D eigenvalue weighted by Gasteiger charge is 2.52. The van der Waals surface area contributed by atoms with Gasteiger partial charge in [-0.25, -0.2) is 4.98 Å². The third kappa shape index (κ3) is 2.65. The number of alkyl halides is 3. The summed E-state index contributed by atoms with van der Waals surface area (Å²) in [6.07, 6.45) is -5.52. The van der Waals surface area contributed by atoms with Crippen molar-refractivity contribution in [2.75, 3.05) is 6.61 Å². The van der Waals surface area contributed by atoms with Gasteiger partial charge in [-0.2, -0.15) is 13.2 Å². The summed E-state index contributed by atoms with van der Waals surface area (Å²) >= 11 is 9.36. The van der Waals surface area contributed by atoms with E-state index in [2.05, 4.69) is 25.9 Å². The van der Waals surface area contributed by atoms with Gasteiger partial charge in [-0.05, 0) is 24.3 Å². The average molecular weight is 449 g/mol. The van der Waals surface area contributed by atoms with Crippen LogP contribution in [0.15, 0.2) is 39.9 Å². The topological polar surface area (TPSA) is 69.7 Å². The number of hydrogen-bond acceptors (Lipinski definition) is 5. The van der Waals surface area contributed by atoms with E-state index in [1.54, 1.807) is 18.2 Å². The Morgan fingerprint density at radius 1 is 1.23 bits per heavy atom. The van der Waals surface area contributed by atoms with E-state index < -0.39 is 23.7 Å². The van der Waals surface area contributed by atoms with Crippen LogP contribution in [-0.4, -0.2) is 29.7 Å². The van der Waals surface area contributed by atoms with Crippen LogP contribution >= 0.6 is 27.5 Å². The summed E-state index contributed by atoms with van der Waals surface area (Å²) in [5.74, 6) is 0.0979. The van der Waals surface area contributed by atoms with Crippen molar-refractivity contribution in [3.8, 4) is 11.5 Å². The predicted molar refractivity (Wildman–Crippen MR) is 91.7 cm³/mol. The molecule has 2 N–H and O–H groups in total. The number of aliphatic imine (C=N–C) groups is 1. The molecule has 0 radical (unpaired) electrons. The van der Waals surface area contributed by atoms with Gasteiger partial charge in [0.15, 0.2) is 5.75 Å². The number of aromatic nitrogens is 1. The summed E-state index contributed by atoms with van der Waals surface area (Å²) in [4.78, 5) is 8.21. The van der Waals surface area contributed by atoms with Gasteiger partial charge in [-0.15, -0.1) is 0 Å². The molecule has 0 unspecified atom stereocenters. The molecule has 1 aromatic carbocycles. The van der Waals surface area contributed by atoms with Gasteiger partial charge in [0, 0.05) is 15.6 Å². The van der Waals surface area contributed by atoms with Crippen molar-refractivity contribution in [1.29, 1.82) is 0 Å². The molecular weight excluding hydrogens is 439 g/mol. The third-order valence-electron chi connectivity index (χ3n) is 4.23. The van der Waals surface area contributed by atoms with E-state index in [-0.39, 0.29) is 11.8 Å². The summed E-state index contributed by atoms with van der Waals surface area (Å²) in [7, 11) is 0. The van der Waals surface area contributed by atoms with Crippen molar-refractivity contribution in [3.63, 3.8) is 0 Å². The highest BCUT2D eigenvalue weighted by molar-refractivity contribution is 9.10. The number of benzene rings is 1. The fourth-order valence-electron chi connectivity index (χ4n) is 3.14. The van der Waals surface area contributed by atoms with Crippen LogP contribution in [0.2, 0.25) is 5.15 Å². The van der Waals surface area contributed by atoms with Crippen LogP contribution in [0.1, 0.15) is 11.1 Å². The molecule has 2 atom stereocenters. The second-order valence-corrected chi connectivity index (χ2v) is 7.18. The Morgan fingerprint density at radius 3 is 2.65 bits per heavy atom. The van der Waals surface area contributed by atoms with Crippen molar-refractivity contribution in [2.24, 2.45) is 10.7 Å². The van der Waals surface area contributed by atoms with Crippen LogP contribution in [0, 0.1) is 0 Å². The van der Waals surface area contributed by atoms with Crippen LogP contribution in [0.3, 0.4) is 0 Å². The lowest BCUT2D eigenvalue weighted by Crippen LogP contribution is -2.52. The largest absolute Gasteiger partial charge is 0.455 e. The molecule has 136 valence electrons. The zero-order valence-corrected chi connectivity index (χ0v) is 15.2. The molecular formula is C16H10BrClF3N3O2. The number of ether oxygens (including phenoxy) is 2. The molecule has 0 saturated heterocycles. The van der Waals surface area contributed by atoms with Crippen molar-refractivity contribution in [1.82, 2.24) is 4.98 Å². The Kier molecular flexibility index (Phi) is 3.94. The summed E-state index contributed by atoms with van der Waals surface area (Å²) < 4.78 is 51.0. The van der Waals surface area contributed by atoms with Crippen molar-refractivity contribution in [3.05, 3.63) is 51.2 Å². The second-order valence-electron chi connectivity index (χ2n) is 5.88. The van der Waals surface area contributed by atoms with E-state index in [0.29, 0.717) is 27.1 Å². The van der Waals surface area contributed by atoms with E-state index in [4.69, 9.17) is 26.8 Å². The van der Waals surface area contributed by atoms with Crippen molar-refractivity contribution < 1.29 is 22.6 Å². The van der Waals surface area contributed by atoms with Gasteiger partial charge in [-0.3, -0.25) is 4.99 Å². The maximum atomic E-state index is 13.1. The SMILES string of the molecule is NC1=N[C@@]2(CO[C@H]1C(F)(F)F)c1cc(Br)ccc1Oc1cnc(Cl)cc12. The molecule has 4 rings (SSSR count). The normalized spacial score (nSPS) is 24.5. The number of hydrogen-bond donors (Lipinski definition) is 1. The number of fused-ring (bicyclic) bond motifs is 4. The first-order valence-corrected chi connectivity index (χ1v) is 8.55. The smallest absolute Gasteiger partial charge is 0.421 e. The molecule has 1 spiro atoms. The molecule has 5 nitrogen and oxygen atoms in total. The Hall–Kier alpha value is -1.84. The molecule has 0 fully saturated rings. The molecule has 10 heteroatoms. The number of halogens is 5. The van der Waals surface area contributed by atoms with Crippen LogP contribution in [0.25, 0.3) is 0 Å². The van der Waals surface area contributed by atoms with E-state index in [9.17, 15) is 13.2 Å². The van der Waals surface area contributed by atoms with Crippen molar-refractivity contribution in [2.45, 2.75) is 17.8 Å². The lowest BCUT2D eigenvalue weighted by Gasteiger charge is -2.41. The molecule has 3 heterocycles. The van der Waals surface area contributed by atoms with Gasteiger partial charge in [0.2, 0.25) is 6.10 Å². The van der Waals surface area contributed by atoms with Crippen LogP contribution in [0.4, 0.5) is 13.2 Å². The Labute approximate surface area is 159 Å². The molecule has 0 bridgehead atoms. The summed E-state index contributed by atoms with van der Waals surface area (Å²) in [6, 6.07) is 6.63. The molecule has 26 heavy (non-hydrogen) atoms. The van der Waals surface area contributed by atoms with Crippen LogP contribution in [0.5, 0.6) is 11.5 Å². The lowest BCUT2D eigenvalue weighted by molar-refractivity contribution is -0.203. The second kappa shape index (κ2) is 5.83. The van der Waals surface area contributed by atoms with Crippen LogP contribution in [-0.2, 0) is 10.3 Å². The fourth-order valence-corrected chi connectivity index (χ4v) is 3.66. The van der Waals surface area contributed by atoms with Gasteiger partial charge in [0.1, 0.15) is 22.3 Å². The van der Waals surface area contributed by atoms with Gasteiger partial charge in [0.25, 0.3) is 0 Å². The number of amidine groups is 1. The quantitative estimate of drug-likeness (QED) is 0.614. The molecule has 2 aliphatic heterocycles. The van der Waals surface area contributed by atoms with Gasteiger partial charge in [0.05, 0.1) is 12.8 Å². The first kappa shape index (κ1) is 17.6. The molecule has 0 amide bonds. The summed E-state index contributed by atoms with van der Waals surface area (Å²) in [5.41, 5.74) is 5.31. The third-order valence-corrected chi connectivity index (χ3v) is 4.93. The number of nitrogens with two attached hydrogens (primary N) is 1. The van der Waals surface area contributed by atoms with Gasteiger partial charge < -0.3 is 15.2 Å². The summed E-state index contributed by atoms with van der Waals surface area (Å²) in [5, 5.41) is 0.150. The van der Waals surface area contributed by atoms with Crippen molar-refractivity contribution >= 4 is 33.4 Å². The van der Waals surface area contributed by atoms with Crippen LogP contribution < -0.4 is 10.5 Å². The predicted octanol–water partition coefficient (Wildman–Crippen LogP) is 4.17. The first-order chi connectivity index (χ1) is 12.2. The molecule has 1 aromatic heterocycles. The molecule has 2 aromatic rings. The van der Waals surface area contributed by atoms with E-state index in [1.165, 1.54) is 12.3 Å². The number of nitrogens with zero attached hydrogens (tertiary/aromatic N) is 2. The zero-order chi connectivity index (χ0) is 18.7. The molecule has 2 aliphatic rings.